The summed E-state index contributed by atoms with van der Waals surface area (Å²) >= 11 is 0. The van der Waals surface area contributed by atoms with Gasteiger partial charge in [-0.3, -0.25) is 4.79 Å². The molecule has 0 saturated carbocycles. The van der Waals surface area contributed by atoms with Crippen LogP contribution in [0.4, 0.5) is 0 Å². The van der Waals surface area contributed by atoms with E-state index in [1.807, 2.05) is 42.5 Å². The van der Waals surface area contributed by atoms with Crippen LogP contribution in [0.25, 0.3) is 10.8 Å². The van der Waals surface area contributed by atoms with E-state index >= 15 is 0 Å². The first-order valence-corrected chi connectivity index (χ1v) is 8.86. The molecule has 0 aromatic heterocycles. The van der Waals surface area contributed by atoms with Crippen molar-refractivity contribution in [2.45, 2.75) is 6.92 Å². The largest absolute Gasteiger partial charge is 0.484 e. The number of nitrogens with zero attached hydrogens (tertiary/aromatic N) is 1. The maximum Gasteiger partial charge on any atom is 0.338 e. The molecule has 0 radical (unpaired) electrons. The maximum atomic E-state index is 11.9. The van der Waals surface area contributed by atoms with Crippen molar-refractivity contribution in [3.63, 3.8) is 0 Å². The van der Waals surface area contributed by atoms with E-state index in [1.54, 1.807) is 37.4 Å². The number of hydrazone groups is 1. The fourth-order valence-electron chi connectivity index (χ4n) is 2.55. The van der Waals surface area contributed by atoms with Gasteiger partial charge in [0.1, 0.15) is 5.75 Å². The Kier molecular flexibility index (Phi) is 6.36. The van der Waals surface area contributed by atoms with Gasteiger partial charge in [-0.25, -0.2) is 10.2 Å². The van der Waals surface area contributed by atoms with Crippen molar-refractivity contribution in [1.29, 1.82) is 0 Å². The first kappa shape index (κ1) is 19.1. The molecule has 0 aliphatic carbocycles. The first-order valence-electron chi connectivity index (χ1n) is 8.86. The molecule has 1 amide bonds. The summed E-state index contributed by atoms with van der Waals surface area (Å²) in [5.74, 6) is -0.303. The number of esters is 1. The van der Waals surface area contributed by atoms with Gasteiger partial charge in [-0.15, -0.1) is 0 Å². The fourth-order valence-corrected chi connectivity index (χ4v) is 2.55. The quantitative estimate of drug-likeness (QED) is 0.389. The molecule has 3 aromatic rings. The van der Waals surface area contributed by atoms with E-state index in [0.29, 0.717) is 17.9 Å². The summed E-state index contributed by atoms with van der Waals surface area (Å²) in [6, 6.07) is 20.3. The minimum absolute atomic E-state index is 0.187. The lowest BCUT2D eigenvalue weighted by atomic mass is 10.1. The molecule has 6 heteroatoms. The third kappa shape index (κ3) is 5.17. The van der Waals surface area contributed by atoms with Crippen LogP contribution in [0.5, 0.6) is 5.75 Å². The number of benzene rings is 3. The molecule has 3 rings (SSSR count). The highest BCUT2D eigenvalue weighted by molar-refractivity contribution is 5.91. The molecule has 0 heterocycles. The molecule has 0 aliphatic rings. The van der Waals surface area contributed by atoms with Crippen molar-refractivity contribution in [3.05, 3.63) is 77.9 Å². The normalized spacial score (nSPS) is 10.8. The Morgan fingerprint density at radius 2 is 1.75 bits per heavy atom. The van der Waals surface area contributed by atoms with Crippen LogP contribution in [0.2, 0.25) is 0 Å². The van der Waals surface area contributed by atoms with Crippen molar-refractivity contribution in [1.82, 2.24) is 5.43 Å². The lowest BCUT2D eigenvalue weighted by Gasteiger charge is -2.06. The zero-order valence-electron chi connectivity index (χ0n) is 15.4. The van der Waals surface area contributed by atoms with Gasteiger partial charge in [0, 0.05) is 0 Å². The van der Waals surface area contributed by atoms with Crippen LogP contribution in [0, 0.1) is 0 Å². The van der Waals surface area contributed by atoms with Crippen LogP contribution >= 0.6 is 0 Å². The molecule has 0 spiro atoms. The third-order valence-corrected chi connectivity index (χ3v) is 3.91. The molecule has 1 N–H and O–H groups in total. The summed E-state index contributed by atoms with van der Waals surface area (Å²) < 4.78 is 10.3. The van der Waals surface area contributed by atoms with Gasteiger partial charge in [0.05, 0.1) is 18.4 Å². The van der Waals surface area contributed by atoms with Gasteiger partial charge in [0.15, 0.2) is 6.61 Å². The first-order chi connectivity index (χ1) is 13.7. The van der Waals surface area contributed by atoms with Crippen LogP contribution in [-0.2, 0) is 9.53 Å². The second-order valence-corrected chi connectivity index (χ2v) is 5.93. The number of nitrogens with one attached hydrogen (secondary N) is 1. The highest BCUT2D eigenvalue weighted by Crippen LogP contribution is 2.15. The number of amides is 1. The Morgan fingerprint density at radius 3 is 2.50 bits per heavy atom. The summed E-state index contributed by atoms with van der Waals surface area (Å²) in [7, 11) is 0. The minimum Gasteiger partial charge on any atom is -0.484 e. The number of hydrogen-bond acceptors (Lipinski definition) is 5. The Labute approximate surface area is 162 Å². The van der Waals surface area contributed by atoms with Crippen LogP contribution in [0.3, 0.4) is 0 Å². The van der Waals surface area contributed by atoms with Gasteiger partial charge in [0.25, 0.3) is 5.91 Å². The minimum atomic E-state index is -0.394. The molecule has 0 atom stereocenters. The van der Waals surface area contributed by atoms with Crippen LogP contribution in [0.15, 0.2) is 71.8 Å². The topological polar surface area (TPSA) is 77.0 Å². The number of fused-ring (bicyclic) bond motifs is 1. The van der Waals surface area contributed by atoms with Crippen molar-refractivity contribution in [3.8, 4) is 5.75 Å². The molecule has 0 bridgehead atoms. The van der Waals surface area contributed by atoms with Crippen molar-refractivity contribution in [2.24, 2.45) is 5.10 Å². The SMILES string of the molecule is CCOC(=O)c1ccc(OCC(=O)N/N=C/c2ccc3ccccc3c2)cc1. The Morgan fingerprint density at radius 1 is 1.00 bits per heavy atom. The average molecular weight is 376 g/mol. The van der Waals surface area contributed by atoms with Crippen molar-refractivity contribution in [2.75, 3.05) is 13.2 Å². The summed E-state index contributed by atoms with van der Waals surface area (Å²) in [6.45, 7) is 1.88. The molecule has 3 aromatic carbocycles. The fraction of sp³-hybridized carbons (Fsp3) is 0.136. The van der Waals surface area contributed by atoms with E-state index in [4.69, 9.17) is 9.47 Å². The maximum absolute atomic E-state index is 11.9. The molecular formula is C22H20N2O4. The van der Waals surface area contributed by atoms with E-state index in [0.717, 1.165) is 16.3 Å². The second-order valence-electron chi connectivity index (χ2n) is 5.93. The molecule has 0 saturated heterocycles. The van der Waals surface area contributed by atoms with Crippen LogP contribution in [0.1, 0.15) is 22.8 Å². The molecule has 0 fully saturated rings. The van der Waals surface area contributed by atoms with E-state index < -0.39 is 5.97 Å². The zero-order chi connectivity index (χ0) is 19.8. The Balaban J connectivity index is 1.48. The van der Waals surface area contributed by atoms with Gasteiger partial charge in [-0.2, -0.15) is 5.10 Å². The number of rotatable bonds is 7. The summed E-state index contributed by atoms with van der Waals surface area (Å²) in [5.41, 5.74) is 3.74. The number of carbonyl (C=O) groups excluding carboxylic acids is 2. The van der Waals surface area contributed by atoms with E-state index in [2.05, 4.69) is 10.5 Å². The van der Waals surface area contributed by atoms with Gasteiger partial charge in [-0.05, 0) is 53.6 Å². The third-order valence-electron chi connectivity index (χ3n) is 3.91. The van der Waals surface area contributed by atoms with Crippen LogP contribution in [-0.4, -0.2) is 31.3 Å². The van der Waals surface area contributed by atoms with E-state index in [1.165, 1.54) is 0 Å². The summed E-state index contributed by atoms with van der Waals surface area (Å²) in [6.07, 6.45) is 1.58. The molecule has 0 aliphatic heterocycles. The number of carbonyl (C=O) groups is 2. The standard InChI is InChI=1S/C22H20N2O4/c1-2-27-22(26)18-9-11-20(12-10-18)28-15-21(25)24-23-14-16-7-8-17-5-3-4-6-19(17)13-16/h3-14H,2,15H2,1H3,(H,24,25)/b23-14+. The van der Waals surface area contributed by atoms with Crippen molar-refractivity contribution >= 4 is 28.9 Å². The number of hydrogen-bond donors (Lipinski definition) is 1. The zero-order valence-corrected chi connectivity index (χ0v) is 15.4. The second kappa shape index (κ2) is 9.32. The van der Waals surface area contributed by atoms with Crippen LogP contribution < -0.4 is 10.2 Å². The molecule has 142 valence electrons. The highest BCUT2D eigenvalue weighted by atomic mass is 16.5. The molecule has 6 nitrogen and oxygen atoms in total. The average Bonchev–Trinajstić information content (AvgIpc) is 2.73. The predicted molar refractivity (Wildman–Crippen MR) is 108 cm³/mol. The lowest BCUT2D eigenvalue weighted by molar-refractivity contribution is -0.123. The lowest BCUT2D eigenvalue weighted by Crippen LogP contribution is -2.24. The van der Waals surface area contributed by atoms with Crippen molar-refractivity contribution < 1.29 is 19.1 Å². The van der Waals surface area contributed by atoms with Gasteiger partial charge < -0.3 is 9.47 Å². The van der Waals surface area contributed by atoms with Gasteiger partial charge in [0.2, 0.25) is 0 Å². The summed E-state index contributed by atoms with van der Waals surface area (Å²) in [4.78, 5) is 23.4. The molecule has 0 unspecified atom stereocenters. The smallest absolute Gasteiger partial charge is 0.338 e. The predicted octanol–water partition coefficient (Wildman–Crippen LogP) is 3.55. The Bertz CT molecular complexity index is 997. The Hall–Kier alpha value is -3.67. The van der Waals surface area contributed by atoms with Gasteiger partial charge >= 0.3 is 5.97 Å². The molecule has 28 heavy (non-hydrogen) atoms. The summed E-state index contributed by atoms with van der Waals surface area (Å²) in [5, 5.41) is 6.20. The highest BCUT2D eigenvalue weighted by Gasteiger charge is 2.07. The molecular weight excluding hydrogens is 356 g/mol. The van der Waals surface area contributed by atoms with E-state index in [9.17, 15) is 9.59 Å². The van der Waals surface area contributed by atoms with Gasteiger partial charge in [-0.1, -0.05) is 36.4 Å². The number of ether oxygens (including phenoxy) is 2. The monoisotopic (exact) mass is 376 g/mol. The van der Waals surface area contributed by atoms with E-state index in [-0.39, 0.29) is 12.5 Å².